The zero-order valence-corrected chi connectivity index (χ0v) is 9.60. The maximum Gasteiger partial charge on any atom is 0.142 e. The van der Waals surface area contributed by atoms with Gasteiger partial charge in [0.1, 0.15) is 6.29 Å². The molecular weight excluding hydrogens is 208 g/mol. The first-order valence-electron chi connectivity index (χ1n) is 5.59. The van der Waals surface area contributed by atoms with Gasteiger partial charge in [0, 0.05) is 0 Å². The second kappa shape index (κ2) is 5.26. The van der Waals surface area contributed by atoms with Crippen molar-refractivity contribution < 1.29 is 4.79 Å². The minimum atomic E-state index is 0.639. The molecule has 1 nitrogen and oxygen atoms in total. The van der Waals surface area contributed by atoms with Gasteiger partial charge in [-0.15, -0.1) is 0 Å². The van der Waals surface area contributed by atoms with Crippen molar-refractivity contribution in [3.63, 3.8) is 0 Å². The SMILES string of the molecule is C=CC=O.c1ccc2c(c1)Cc1ccccc1-2. The molecule has 84 valence electrons. The zero-order chi connectivity index (χ0) is 12.1. The molecule has 0 aliphatic heterocycles. The molecule has 0 heterocycles. The largest absolute Gasteiger partial charge is 0.299 e. The predicted octanol–water partition coefficient (Wildman–Crippen LogP) is 3.63. The van der Waals surface area contributed by atoms with Crippen LogP contribution in [0.2, 0.25) is 0 Å². The van der Waals surface area contributed by atoms with E-state index < -0.39 is 0 Å². The van der Waals surface area contributed by atoms with Crippen molar-refractivity contribution in [3.05, 3.63) is 72.3 Å². The number of aldehydes is 1. The minimum Gasteiger partial charge on any atom is -0.299 e. The number of carbonyl (C=O) groups excluding carboxylic acids is 1. The second-order valence-electron chi connectivity index (χ2n) is 3.86. The molecule has 0 saturated carbocycles. The van der Waals surface area contributed by atoms with Crippen LogP contribution in [0, 0.1) is 0 Å². The highest BCUT2D eigenvalue weighted by molar-refractivity contribution is 5.76. The van der Waals surface area contributed by atoms with Crippen LogP contribution in [-0.2, 0) is 11.2 Å². The van der Waals surface area contributed by atoms with Gasteiger partial charge in [-0.05, 0) is 34.8 Å². The van der Waals surface area contributed by atoms with Gasteiger partial charge in [0.05, 0.1) is 0 Å². The third-order valence-corrected chi connectivity index (χ3v) is 2.80. The summed E-state index contributed by atoms with van der Waals surface area (Å²) in [6.45, 7) is 3.11. The molecule has 1 heteroatoms. The monoisotopic (exact) mass is 222 g/mol. The Balaban J connectivity index is 0.000000239. The molecule has 2 aromatic carbocycles. The lowest BCUT2D eigenvalue weighted by Crippen LogP contribution is -1.77. The van der Waals surface area contributed by atoms with Crippen molar-refractivity contribution in [1.29, 1.82) is 0 Å². The van der Waals surface area contributed by atoms with Gasteiger partial charge in [0.25, 0.3) is 0 Å². The molecule has 0 radical (unpaired) electrons. The van der Waals surface area contributed by atoms with Gasteiger partial charge >= 0.3 is 0 Å². The first-order valence-corrected chi connectivity index (χ1v) is 5.59. The molecule has 0 unspecified atom stereocenters. The number of benzene rings is 2. The molecule has 0 fully saturated rings. The predicted molar refractivity (Wildman–Crippen MR) is 70.9 cm³/mol. The zero-order valence-electron chi connectivity index (χ0n) is 9.60. The van der Waals surface area contributed by atoms with E-state index in [0.29, 0.717) is 6.29 Å². The van der Waals surface area contributed by atoms with E-state index in [1.54, 1.807) is 0 Å². The van der Waals surface area contributed by atoms with Gasteiger partial charge in [-0.2, -0.15) is 0 Å². The fourth-order valence-electron chi connectivity index (χ4n) is 2.08. The van der Waals surface area contributed by atoms with E-state index in [0.717, 1.165) is 6.42 Å². The van der Waals surface area contributed by atoms with Gasteiger partial charge in [0.15, 0.2) is 0 Å². The topological polar surface area (TPSA) is 17.1 Å². The molecule has 0 saturated heterocycles. The molecule has 0 aromatic heterocycles. The van der Waals surface area contributed by atoms with E-state index in [1.165, 1.54) is 28.3 Å². The average Bonchev–Trinajstić information content (AvgIpc) is 2.77. The van der Waals surface area contributed by atoms with Crippen LogP contribution in [-0.4, -0.2) is 6.29 Å². The molecule has 0 atom stereocenters. The van der Waals surface area contributed by atoms with Crippen molar-refractivity contribution >= 4 is 6.29 Å². The van der Waals surface area contributed by atoms with Crippen LogP contribution in [0.25, 0.3) is 11.1 Å². The van der Waals surface area contributed by atoms with Gasteiger partial charge < -0.3 is 0 Å². The highest BCUT2D eigenvalue weighted by Crippen LogP contribution is 2.35. The fourth-order valence-corrected chi connectivity index (χ4v) is 2.08. The Labute approximate surface area is 101 Å². The summed E-state index contributed by atoms with van der Waals surface area (Å²) in [5.74, 6) is 0. The van der Waals surface area contributed by atoms with Crippen LogP contribution in [0.1, 0.15) is 11.1 Å². The number of hydrogen-bond acceptors (Lipinski definition) is 1. The summed E-state index contributed by atoms with van der Waals surface area (Å²) in [4.78, 5) is 9.06. The highest BCUT2D eigenvalue weighted by atomic mass is 16.1. The molecule has 3 rings (SSSR count). The van der Waals surface area contributed by atoms with Crippen molar-refractivity contribution in [3.8, 4) is 11.1 Å². The lowest BCUT2D eigenvalue weighted by atomic mass is 10.1. The average molecular weight is 222 g/mol. The van der Waals surface area contributed by atoms with Gasteiger partial charge in [0.2, 0.25) is 0 Å². The van der Waals surface area contributed by atoms with Crippen molar-refractivity contribution in [2.24, 2.45) is 0 Å². The molecular formula is C16H14O. The van der Waals surface area contributed by atoms with Crippen molar-refractivity contribution in [1.82, 2.24) is 0 Å². The van der Waals surface area contributed by atoms with E-state index in [4.69, 9.17) is 4.79 Å². The molecule has 0 N–H and O–H groups in total. The standard InChI is InChI=1S/C13H10.C3H4O/c1-3-7-12-10(5-1)9-11-6-2-4-8-13(11)12;1-2-3-4/h1-8H,9H2;2-3H,1H2. The molecule has 1 aliphatic carbocycles. The van der Waals surface area contributed by atoms with Gasteiger partial charge in [-0.25, -0.2) is 0 Å². The third-order valence-electron chi connectivity index (χ3n) is 2.80. The van der Waals surface area contributed by atoms with Gasteiger partial charge in [-0.1, -0.05) is 55.1 Å². The fraction of sp³-hybridized carbons (Fsp3) is 0.0625. The molecule has 2 aromatic rings. The first-order chi connectivity index (χ1) is 8.36. The Morgan fingerprint density at radius 3 is 1.71 bits per heavy atom. The molecule has 0 bridgehead atoms. The summed E-state index contributed by atoms with van der Waals surface area (Å²) < 4.78 is 0. The number of hydrogen-bond donors (Lipinski definition) is 0. The number of carbonyl (C=O) groups is 1. The van der Waals surface area contributed by atoms with Crippen LogP contribution in [0.5, 0.6) is 0 Å². The quantitative estimate of drug-likeness (QED) is 0.454. The molecule has 0 spiro atoms. The van der Waals surface area contributed by atoms with Crippen LogP contribution in [0.15, 0.2) is 61.2 Å². The van der Waals surface area contributed by atoms with Crippen LogP contribution in [0.4, 0.5) is 0 Å². The van der Waals surface area contributed by atoms with E-state index in [-0.39, 0.29) is 0 Å². The van der Waals surface area contributed by atoms with Crippen molar-refractivity contribution in [2.45, 2.75) is 6.42 Å². The highest BCUT2D eigenvalue weighted by Gasteiger charge is 2.15. The Hall–Kier alpha value is -2.15. The summed E-state index contributed by atoms with van der Waals surface area (Å²) in [7, 11) is 0. The first kappa shape index (κ1) is 11.3. The Morgan fingerprint density at radius 2 is 1.29 bits per heavy atom. The number of rotatable bonds is 1. The summed E-state index contributed by atoms with van der Waals surface area (Å²) >= 11 is 0. The van der Waals surface area contributed by atoms with E-state index in [1.807, 2.05) is 0 Å². The molecule has 1 aliphatic rings. The molecule has 0 amide bonds. The second-order valence-corrected chi connectivity index (χ2v) is 3.86. The molecule has 17 heavy (non-hydrogen) atoms. The number of allylic oxidation sites excluding steroid dienone is 1. The van der Waals surface area contributed by atoms with Crippen LogP contribution in [0.3, 0.4) is 0 Å². The summed E-state index contributed by atoms with van der Waals surface area (Å²) in [5.41, 5.74) is 5.75. The van der Waals surface area contributed by atoms with E-state index in [2.05, 4.69) is 55.1 Å². The Kier molecular flexibility index (Phi) is 3.51. The maximum absolute atomic E-state index is 9.06. The van der Waals surface area contributed by atoms with Crippen molar-refractivity contribution in [2.75, 3.05) is 0 Å². The lowest BCUT2D eigenvalue weighted by Gasteiger charge is -1.98. The summed E-state index contributed by atoms with van der Waals surface area (Å²) in [6.07, 6.45) is 2.94. The Bertz CT molecular complexity index is 491. The minimum absolute atomic E-state index is 0.639. The normalized spacial score (nSPS) is 10.6. The third kappa shape index (κ3) is 2.34. The number of fused-ring (bicyclic) bond motifs is 3. The van der Waals surface area contributed by atoms with Crippen LogP contribution >= 0.6 is 0 Å². The Morgan fingerprint density at radius 1 is 0.882 bits per heavy atom. The van der Waals surface area contributed by atoms with E-state index in [9.17, 15) is 0 Å². The smallest absolute Gasteiger partial charge is 0.142 e. The summed E-state index contributed by atoms with van der Waals surface area (Å²) in [6, 6.07) is 17.3. The van der Waals surface area contributed by atoms with Crippen LogP contribution < -0.4 is 0 Å². The summed E-state index contributed by atoms with van der Waals surface area (Å²) in [5, 5.41) is 0. The van der Waals surface area contributed by atoms with Gasteiger partial charge in [-0.3, -0.25) is 4.79 Å². The van der Waals surface area contributed by atoms with E-state index >= 15 is 0 Å². The maximum atomic E-state index is 9.06. The lowest BCUT2D eigenvalue weighted by molar-refractivity contribution is -0.104.